The van der Waals surface area contributed by atoms with Crippen LogP contribution in [0, 0.1) is 5.82 Å². The Bertz CT molecular complexity index is 302. The van der Waals surface area contributed by atoms with Gasteiger partial charge < -0.3 is 15.5 Å². The van der Waals surface area contributed by atoms with Crippen molar-refractivity contribution in [1.29, 1.82) is 0 Å². The highest BCUT2D eigenvalue weighted by atomic mass is 19.1. The maximum absolute atomic E-state index is 12.6. The number of aliphatic hydroxyl groups is 2. The van der Waals surface area contributed by atoms with E-state index in [9.17, 15) is 4.39 Å². The molecule has 2 unspecified atom stereocenters. The summed E-state index contributed by atoms with van der Waals surface area (Å²) in [6.07, 6.45) is 0.0361. The first-order valence-electron chi connectivity index (χ1n) is 5.38. The van der Waals surface area contributed by atoms with Crippen LogP contribution in [0.5, 0.6) is 0 Å². The Kier molecular flexibility index (Phi) is 5.38. The zero-order valence-corrected chi connectivity index (χ0v) is 9.36. The maximum atomic E-state index is 12.6. The van der Waals surface area contributed by atoms with Gasteiger partial charge >= 0.3 is 0 Å². The average molecular weight is 227 g/mol. The summed E-state index contributed by atoms with van der Waals surface area (Å²) in [5.74, 6) is -0.236. The van der Waals surface area contributed by atoms with E-state index in [2.05, 4.69) is 5.32 Å². The van der Waals surface area contributed by atoms with Gasteiger partial charge in [-0.25, -0.2) is 4.39 Å². The van der Waals surface area contributed by atoms with E-state index in [4.69, 9.17) is 10.2 Å². The van der Waals surface area contributed by atoms with Crippen molar-refractivity contribution >= 4 is 0 Å². The van der Waals surface area contributed by atoms with Crippen LogP contribution in [0.15, 0.2) is 24.3 Å². The maximum Gasteiger partial charge on any atom is 0.123 e. The number of aliphatic hydroxyl groups excluding tert-OH is 2. The number of hydrogen-bond acceptors (Lipinski definition) is 3. The molecular formula is C12H18FNO2. The van der Waals surface area contributed by atoms with Crippen LogP contribution in [0.3, 0.4) is 0 Å². The summed E-state index contributed by atoms with van der Waals surface area (Å²) in [5, 5.41) is 20.9. The molecule has 0 fully saturated rings. The normalized spacial score (nSPS) is 14.8. The summed E-state index contributed by atoms with van der Waals surface area (Å²) in [6.45, 7) is 2.10. The van der Waals surface area contributed by atoms with E-state index in [1.54, 1.807) is 12.1 Å². The van der Waals surface area contributed by atoms with Gasteiger partial charge in [0.1, 0.15) is 5.82 Å². The van der Waals surface area contributed by atoms with E-state index in [1.165, 1.54) is 12.1 Å². The highest BCUT2D eigenvalue weighted by Gasteiger charge is 2.06. The minimum Gasteiger partial charge on any atom is -0.394 e. The fraction of sp³-hybridized carbons (Fsp3) is 0.500. The Labute approximate surface area is 94.9 Å². The number of rotatable bonds is 6. The smallest absolute Gasteiger partial charge is 0.123 e. The molecule has 0 radical (unpaired) electrons. The molecule has 1 rings (SSSR count). The Balaban J connectivity index is 2.33. The highest BCUT2D eigenvalue weighted by molar-refractivity contribution is 5.16. The van der Waals surface area contributed by atoms with Crippen molar-refractivity contribution in [3.05, 3.63) is 35.6 Å². The topological polar surface area (TPSA) is 52.5 Å². The Morgan fingerprint density at radius 3 is 2.50 bits per heavy atom. The van der Waals surface area contributed by atoms with Crippen LogP contribution in [0.1, 0.15) is 12.5 Å². The molecular weight excluding hydrogens is 209 g/mol. The van der Waals surface area contributed by atoms with Gasteiger partial charge in [0.25, 0.3) is 0 Å². The van der Waals surface area contributed by atoms with Gasteiger partial charge in [0.2, 0.25) is 0 Å². The number of benzene rings is 1. The zero-order chi connectivity index (χ0) is 12.0. The van der Waals surface area contributed by atoms with Gasteiger partial charge in [-0.05, 0) is 31.0 Å². The van der Waals surface area contributed by atoms with Gasteiger partial charge in [-0.15, -0.1) is 0 Å². The second-order valence-corrected chi connectivity index (χ2v) is 3.98. The van der Waals surface area contributed by atoms with Gasteiger partial charge in [-0.1, -0.05) is 12.1 Å². The monoisotopic (exact) mass is 227 g/mol. The van der Waals surface area contributed by atoms with Crippen molar-refractivity contribution in [3.63, 3.8) is 0 Å². The molecule has 0 aromatic heterocycles. The molecule has 0 spiro atoms. The van der Waals surface area contributed by atoms with Crippen molar-refractivity contribution in [2.45, 2.75) is 25.5 Å². The molecule has 3 N–H and O–H groups in total. The second kappa shape index (κ2) is 6.58. The zero-order valence-electron chi connectivity index (χ0n) is 9.36. The van der Waals surface area contributed by atoms with Gasteiger partial charge in [0, 0.05) is 12.6 Å². The predicted octanol–water partition coefficient (Wildman–Crippen LogP) is 0.700. The van der Waals surface area contributed by atoms with E-state index < -0.39 is 6.10 Å². The van der Waals surface area contributed by atoms with Crippen molar-refractivity contribution in [1.82, 2.24) is 5.32 Å². The molecule has 0 amide bonds. The van der Waals surface area contributed by atoms with E-state index in [-0.39, 0.29) is 18.5 Å². The summed E-state index contributed by atoms with van der Waals surface area (Å²) < 4.78 is 12.6. The molecule has 16 heavy (non-hydrogen) atoms. The molecule has 0 aliphatic carbocycles. The predicted molar refractivity (Wildman–Crippen MR) is 60.7 cm³/mol. The number of halogens is 1. The molecule has 2 atom stereocenters. The summed E-state index contributed by atoms with van der Waals surface area (Å²) in [5.41, 5.74) is 1.04. The SMILES string of the molecule is CC(Cc1ccc(F)cc1)NCC(O)CO. The van der Waals surface area contributed by atoms with Crippen molar-refractivity contribution in [2.24, 2.45) is 0 Å². The van der Waals surface area contributed by atoms with Crippen LogP contribution in [0.2, 0.25) is 0 Å². The van der Waals surface area contributed by atoms with Gasteiger partial charge in [-0.3, -0.25) is 0 Å². The van der Waals surface area contributed by atoms with Crippen LogP contribution in [-0.2, 0) is 6.42 Å². The van der Waals surface area contributed by atoms with E-state index in [1.807, 2.05) is 6.92 Å². The molecule has 0 saturated heterocycles. The molecule has 1 aromatic rings. The summed E-state index contributed by atoms with van der Waals surface area (Å²) in [4.78, 5) is 0. The molecule has 4 heteroatoms. The third kappa shape index (κ3) is 4.70. The largest absolute Gasteiger partial charge is 0.394 e. The third-order valence-corrected chi connectivity index (χ3v) is 2.37. The minimum atomic E-state index is -0.726. The molecule has 90 valence electrons. The average Bonchev–Trinajstić information content (AvgIpc) is 2.29. The molecule has 0 saturated carbocycles. The van der Waals surface area contributed by atoms with Crippen molar-refractivity contribution in [2.75, 3.05) is 13.2 Å². The lowest BCUT2D eigenvalue weighted by Gasteiger charge is -2.15. The minimum absolute atomic E-state index is 0.173. The standard InChI is InChI=1S/C12H18FNO2/c1-9(14-7-12(16)8-15)6-10-2-4-11(13)5-3-10/h2-5,9,12,14-16H,6-8H2,1H3. The first-order valence-corrected chi connectivity index (χ1v) is 5.38. The van der Waals surface area contributed by atoms with Crippen molar-refractivity contribution < 1.29 is 14.6 Å². The Morgan fingerprint density at radius 1 is 1.31 bits per heavy atom. The lowest BCUT2D eigenvalue weighted by molar-refractivity contribution is 0.0924. The summed E-state index contributed by atoms with van der Waals surface area (Å²) in [6, 6.07) is 6.54. The fourth-order valence-corrected chi connectivity index (χ4v) is 1.45. The van der Waals surface area contributed by atoms with Gasteiger partial charge in [0.15, 0.2) is 0 Å². The highest BCUT2D eigenvalue weighted by Crippen LogP contribution is 2.05. The van der Waals surface area contributed by atoms with Crippen LogP contribution < -0.4 is 5.32 Å². The van der Waals surface area contributed by atoms with Crippen LogP contribution in [-0.4, -0.2) is 35.5 Å². The molecule has 1 aromatic carbocycles. The summed E-state index contributed by atoms with van der Waals surface area (Å²) in [7, 11) is 0. The number of nitrogens with one attached hydrogen (secondary N) is 1. The first kappa shape index (κ1) is 13.1. The molecule has 3 nitrogen and oxygen atoms in total. The lowest BCUT2D eigenvalue weighted by atomic mass is 10.1. The van der Waals surface area contributed by atoms with Crippen molar-refractivity contribution in [3.8, 4) is 0 Å². The van der Waals surface area contributed by atoms with Gasteiger partial charge in [0.05, 0.1) is 12.7 Å². The number of hydrogen-bond donors (Lipinski definition) is 3. The lowest BCUT2D eigenvalue weighted by Crippen LogP contribution is -2.36. The Hall–Kier alpha value is -0.970. The molecule has 0 heterocycles. The first-order chi connectivity index (χ1) is 7.61. The van der Waals surface area contributed by atoms with E-state index in [0.717, 1.165) is 12.0 Å². The van der Waals surface area contributed by atoms with Gasteiger partial charge in [-0.2, -0.15) is 0 Å². The van der Waals surface area contributed by atoms with E-state index >= 15 is 0 Å². The molecule has 0 aliphatic rings. The van der Waals surface area contributed by atoms with Crippen LogP contribution in [0.4, 0.5) is 4.39 Å². The quantitative estimate of drug-likeness (QED) is 0.670. The molecule has 0 aliphatic heterocycles. The van der Waals surface area contributed by atoms with Crippen LogP contribution in [0.25, 0.3) is 0 Å². The molecule has 0 bridgehead atoms. The van der Waals surface area contributed by atoms with Crippen LogP contribution >= 0.6 is 0 Å². The van der Waals surface area contributed by atoms with E-state index in [0.29, 0.717) is 6.54 Å². The third-order valence-electron chi connectivity index (χ3n) is 2.37. The Morgan fingerprint density at radius 2 is 1.94 bits per heavy atom. The second-order valence-electron chi connectivity index (χ2n) is 3.98. The fourth-order valence-electron chi connectivity index (χ4n) is 1.45. The summed E-state index contributed by atoms with van der Waals surface area (Å²) >= 11 is 0.